The Kier molecular flexibility index (Phi) is 3.94. The molecule has 2 N–H and O–H groups in total. The highest BCUT2D eigenvalue weighted by Crippen LogP contribution is 2.58. The predicted molar refractivity (Wildman–Crippen MR) is 121 cm³/mol. The summed E-state index contributed by atoms with van der Waals surface area (Å²) in [5.74, 6) is 1.25. The lowest BCUT2D eigenvalue weighted by atomic mass is 9.49. The molecule has 2 atom stereocenters. The Labute approximate surface area is 178 Å². The van der Waals surface area contributed by atoms with Gasteiger partial charge in [0.1, 0.15) is 5.75 Å². The molecule has 5 rings (SSSR count). The summed E-state index contributed by atoms with van der Waals surface area (Å²) in [6.07, 6.45) is 3.10. The summed E-state index contributed by atoms with van der Waals surface area (Å²) in [5, 5.41) is 21.2. The molecule has 0 bridgehead atoms. The Hall–Kier alpha value is -2.73. The Balaban J connectivity index is 1.78. The normalized spacial score (nSPS) is 24.2. The zero-order valence-electron chi connectivity index (χ0n) is 18.6. The molecule has 30 heavy (non-hydrogen) atoms. The van der Waals surface area contributed by atoms with Gasteiger partial charge in [0.2, 0.25) is 0 Å². The maximum atomic E-state index is 10.6. The largest absolute Gasteiger partial charge is 0.508 e. The number of hydrogen-bond acceptors (Lipinski definition) is 2. The van der Waals surface area contributed by atoms with Crippen molar-refractivity contribution in [3.05, 3.63) is 63.8 Å². The molecule has 2 aliphatic carbocycles. The Morgan fingerprint density at radius 1 is 1.13 bits per heavy atom. The number of hydrogen-bond donors (Lipinski definition) is 2. The summed E-state index contributed by atoms with van der Waals surface area (Å²) >= 11 is 0. The third-order valence-electron chi connectivity index (χ3n) is 8.07. The van der Waals surface area contributed by atoms with Crippen molar-refractivity contribution in [3.63, 3.8) is 0 Å². The molecule has 0 saturated carbocycles. The maximum Gasteiger partial charge on any atom is 0.119 e. The van der Waals surface area contributed by atoms with Gasteiger partial charge in [0.05, 0.1) is 11.6 Å². The van der Waals surface area contributed by atoms with E-state index in [9.17, 15) is 10.4 Å². The van der Waals surface area contributed by atoms with Gasteiger partial charge in [-0.2, -0.15) is 5.26 Å². The minimum atomic E-state index is -0.000799. The van der Waals surface area contributed by atoms with Crippen LogP contribution in [0.4, 0.5) is 0 Å². The Morgan fingerprint density at radius 3 is 2.60 bits per heavy atom. The van der Waals surface area contributed by atoms with Gasteiger partial charge in [-0.3, -0.25) is 0 Å². The Morgan fingerprint density at radius 2 is 1.90 bits per heavy atom. The van der Waals surface area contributed by atoms with E-state index in [0.29, 0.717) is 23.1 Å². The van der Waals surface area contributed by atoms with Crippen LogP contribution in [0.2, 0.25) is 0 Å². The van der Waals surface area contributed by atoms with Crippen molar-refractivity contribution >= 4 is 10.9 Å². The molecule has 0 saturated heterocycles. The summed E-state index contributed by atoms with van der Waals surface area (Å²) in [6.45, 7) is 11.5. The second-order valence-electron chi connectivity index (χ2n) is 10.4. The summed E-state index contributed by atoms with van der Waals surface area (Å²) < 4.78 is 0. The van der Waals surface area contributed by atoms with Crippen LogP contribution >= 0.6 is 0 Å². The van der Waals surface area contributed by atoms with Crippen LogP contribution in [0.3, 0.4) is 0 Å². The number of aromatic amines is 1. The molecule has 0 spiro atoms. The van der Waals surface area contributed by atoms with Gasteiger partial charge in [-0.15, -0.1) is 0 Å². The zero-order valence-corrected chi connectivity index (χ0v) is 18.6. The number of H-pyrrole nitrogens is 1. The van der Waals surface area contributed by atoms with Gasteiger partial charge in [-0.05, 0) is 77.6 Å². The number of rotatable bonds is 1. The first-order chi connectivity index (χ1) is 14.2. The lowest BCUT2D eigenvalue weighted by molar-refractivity contribution is 0.137. The lowest BCUT2D eigenvalue weighted by Crippen LogP contribution is -2.51. The number of nitrogens with zero attached hydrogens (tertiary/aromatic N) is 1. The molecule has 1 aromatic heterocycles. The summed E-state index contributed by atoms with van der Waals surface area (Å²) in [5.41, 5.74) is 8.43. The first-order valence-corrected chi connectivity index (χ1v) is 11.1. The van der Waals surface area contributed by atoms with Crippen LogP contribution in [-0.4, -0.2) is 10.1 Å². The van der Waals surface area contributed by atoms with Crippen molar-refractivity contribution in [1.82, 2.24) is 4.98 Å². The number of fused-ring (bicyclic) bond motifs is 6. The molecule has 3 nitrogen and oxygen atoms in total. The molecule has 0 aliphatic heterocycles. The summed E-state index contributed by atoms with van der Waals surface area (Å²) in [6, 6.07) is 12.4. The van der Waals surface area contributed by atoms with E-state index in [-0.39, 0.29) is 10.8 Å². The fourth-order valence-corrected chi connectivity index (χ4v) is 6.86. The number of phenols is 1. The standard InChI is InChI=1S/C27H30N2O/c1-15(2)24-17-7-11-23-26(3,4)25-19(13-27(23,5)20(17)8-10-22(24)30)18-12-16(14-28)6-9-21(18)29-25/h6,8-10,12,15,23,29-30H,7,11,13H2,1-5H3/t23?,27-/m1/s1. The van der Waals surface area contributed by atoms with Crippen LogP contribution in [0.5, 0.6) is 5.75 Å². The van der Waals surface area contributed by atoms with Crippen LogP contribution in [0.15, 0.2) is 30.3 Å². The van der Waals surface area contributed by atoms with Gasteiger partial charge in [0.25, 0.3) is 0 Å². The van der Waals surface area contributed by atoms with Gasteiger partial charge < -0.3 is 10.1 Å². The summed E-state index contributed by atoms with van der Waals surface area (Å²) in [4.78, 5) is 3.72. The molecule has 2 aliphatic rings. The quantitative estimate of drug-likeness (QED) is 0.511. The van der Waals surface area contributed by atoms with Gasteiger partial charge in [0.15, 0.2) is 0 Å². The van der Waals surface area contributed by atoms with Gasteiger partial charge >= 0.3 is 0 Å². The molecular weight excluding hydrogens is 368 g/mol. The molecule has 1 heterocycles. The number of nitrogens with one attached hydrogen (secondary N) is 1. The minimum Gasteiger partial charge on any atom is -0.508 e. The van der Waals surface area contributed by atoms with Crippen LogP contribution in [-0.2, 0) is 23.7 Å². The van der Waals surface area contributed by atoms with Crippen molar-refractivity contribution in [2.45, 2.75) is 70.6 Å². The van der Waals surface area contributed by atoms with Crippen LogP contribution in [0.1, 0.15) is 80.5 Å². The van der Waals surface area contributed by atoms with Crippen molar-refractivity contribution < 1.29 is 5.11 Å². The van der Waals surface area contributed by atoms with E-state index >= 15 is 0 Å². The first-order valence-electron chi connectivity index (χ1n) is 11.1. The van der Waals surface area contributed by atoms with E-state index < -0.39 is 0 Å². The van der Waals surface area contributed by atoms with E-state index in [2.05, 4.69) is 57.8 Å². The molecular formula is C27H30N2O. The van der Waals surface area contributed by atoms with E-state index in [1.165, 1.54) is 27.8 Å². The zero-order chi connectivity index (χ0) is 21.4. The fourth-order valence-electron chi connectivity index (χ4n) is 6.86. The van der Waals surface area contributed by atoms with Gasteiger partial charge in [-0.1, -0.05) is 40.7 Å². The number of aromatic nitrogens is 1. The van der Waals surface area contributed by atoms with Crippen LogP contribution in [0.25, 0.3) is 10.9 Å². The monoisotopic (exact) mass is 398 g/mol. The highest BCUT2D eigenvalue weighted by Gasteiger charge is 2.53. The number of nitriles is 1. The molecule has 3 heteroatoms. The molecule has 154 valence electrons. The second-order valence-corrected chi connectivity index (χ2v) is 10.4. The topological polar surface area (TPSA) is 59.8 Å². The average molecular weight is 399 g/mol. The van der Waals surface area contributed by atoms with E-state index in [1.54, 1.807) is 0 Å². The molecule has 2 aromatic carbocycles. The molecule has 1 unspecified atom stereocenters. The number of benzene rings is 2. The van der Waals surface area contributed by atoms with Crippen LogP contribution < -0.4 is 0 Å². The fraction of sp³-hybridized carbons (Fsp3) is 0.444. The van der Waals surface area contributed by atoms with Gasteiger partial charge in [0, 0.05) is 27.4 Å². The molecule has 0 fully saturated rings. The lowest BCUT2D eigenvalue weighted by Gasteiger charge is -2.54. The SMILES string of the molecule is CC(C)c1c(O)ccc2c1CCC1C(C)(C)c3[nH]c4ccc(C#N)cc4c3C[C@]21C. The van der Waals surface area contributed by atoms with Crippen molar-refractivity contribution in [3.8, 4) is 11.8 Å². The minimum absolute atomic E-state index is 0.000799. The number of phenolic OH excluding ortho intramolecular Hbond substituents is 1. The predicted octanol–water partition coefficient (Wildman–Crippen LogP) is 6.22. The van der Waals surface area contributed by atoms with E-state index in [4.69, 9.17) is 0 Å². The van der Waals surface area contributed by atoms with Crippen molar-refractivity contribution in [2.75, 3.05) is 0 Å². The second kappa shape index (κ2) is 6.14. The maximum absolute atomic E-state index is 10.6. The van der Waals surface area contributed by atoms with E-state index in [1.807, 2.05) is 18.2 Å². The van der Waals surface area contributed by atoms with Crippen molar-refractivity contribution in [2.24, 2.45) is 5.92 Å². The molecule has 3 aromatic rings. The van der Waals surface area contributed by atoms with Crippen molar-refractivity contribution in [1.29, 1.82) is 5.26 Å². The Bertz CT molecular complexity index is 1220. The number of aromatic hydroxyl groups is 1. The van der Waals surface area contributed by atoms with Gasteiger partial charge in [-0.25, -0.2) is 0 Å². The first kappa shape index (κ1) is 19.2. The van der Waals surface area contributed by atoms with E-state index in [0.717, 1.165) is 30.3 Å². The van der Waals surface area contributed by atoms with Crippen LogP contribution in [0, 0.1) is 17.2 Å². The highest BCUT2D eigenvalue weighted by molar-refractivity contribution is 5.87. The third kappa shape index (κ3) is 2.37. The summed E-state index contributed by atoms with van der Waals surface area (Å²) in [7, 11) is 0. The molecule has 0 amide bonds. The highest BCUT2D eigenvalue weighted by atomic mass is 16.3. The third-order valence-corrected chi connectivity index (χ3v) is 8.07. The smallest absolute Gasteiger partial charge is 0.119 e. The average Bonchev–Trinajstić information content (AvgIpc) is 3.05. The molecule has 0 radical (unpaired) electrons.